The molecular formula is C29H30FN3O7S. The lowest BCUT2D eigenvalue weighted by Gasteiger charge is -2.24. The molecule has 0 bridgehead atoms. The minimum atomic E-state index is -3.34. The summed E-state index contributed by atoms with van der Waals surface area (Å²) in [7, 11) is -3.34. The van der Waals surface area contributed by atoms with Crippen LogP contribution >= 0.6 is 0 Å². The molecule has 0 unspecified atom stereocenters. The average molecular weight is 584 g/mol. The van der Waals surface area contributed by atoms with Gasteiger partial charge in [0.1, 0.15) is 47.3 Å². The topological polar surface area (TPSA) is 117 Å². The fourth-order valence-corrected chi connectivity index (χ4v) is 4.60. The van der Waals surface area contributed by atoms with Gasteiger partial charge in [-0.15, -0.1) is 0 Å². The van der Waals surface area contributed by atoms with Crippen molar-refractivity contribution in [2.75, 3.05) is 17.5 Å². The van der Waals surface area contributed by atoms with E-state index in [-0.39, 0.29) is 41.4 Å². The van der Waals surface area contributed by atoms with Crippen molar-refractivity contribution in [1.29, 1.82) is 0 Å². The second-order valence-corrected chi connectivity index (χ2v) is 10.9. The number of halogens is 1. The van der Waals surface area contributed by atoms with Crippen LogP contribution in [-0.2, 0) is 31.8 Å². The molecule has 0 amide bonds. The molecule has 10 nitrogen and oxygen atoms in total. The summed E-state index contributed by atoms with van der Waals surface area (Å²) < 4.78 is 57.4. The molecule has 0 atom stereocenters. The number of nitrogens with zero attached hydrogens (tertiary/aromatic N) is 3. The zero-order valence-corrected chi connectivity index (χ0v) is 23.9. The fourth-order valence-electron chi connectivity index (χ4n) is 4.05. The van der Waals surface area contributed by atoms with Gasteiger partial charge in [-0.2, -0.15) is 5.10 Å². The van der Waals surface area contributed by atoms with Gasteiger partial charge < -0.3 is 14.2 Å². The Bertz CT molecular complexity index is 1620. The summed E-state index contributed by atoms with van der Waals surface area (Å²) in [5.74, 6) is -1.85. The summed E-state index contributed by atoms with van der Waals surface area (Å²) >= 11 is 0. The van der Waals surface area contributed by atoms with Crippen molar-refractivity contribution in [3.63, 3.8) is 0 Å². The Kier molecular flexibility index (Phi) is 8.92. The largest absolute Gasteiger partial charge is 0.487 e. The van der Waals surface area contributed by atoms with Gasteiger partial charge in [0.15, 0.2) is 0 Å². The lowest BCUT2D eigenvalue weighted by molar-refractivity contribution is -0.152. The number of thiol groups is 1. The summed E-state index contributed by atoms with van der Waals surface area (Å²) in [5, 5.41) is 4.51. The number of carbonyl (C=O) groups excluding carboxylic acids is 2. The van der Waals surface area contributed by atoms with Crippen LogP contribution in [0, 0.1) is 5.82 Å². The SMILES string of the molecule is CCOC(=O)c1c(-c2ccc(F)cc2)nn2cc(N(CC(=O)OC(C)(C)C)[SH](=O)=O)c(OCc3ccccc3)cc12. The Labute approximate surface area is 238 Å². The van der Waals surface area contributed by atoms with Gasteiger partial charge in [0.05, 0.1) is 18.3 Å². The number of esters is 2. The molecule has 0 saturated carbocycles. The zero-order valence-electron chi connectivity index (χ0n) is 23.0. The van der Waals surface area contributed by atoms with Gasteiger partial charge in [-0.25, -0.2) is 22.1 Å². The molecule has 2 aromatic carbocycles. The zero-order chi connectivity index (χ0) is 29.7. The molecule has 41 heavy (non-hydrogen) atoms. The fraction of sp³-hybridized carbons (Fsp3) is 0.276. The van der Waals surface area contributed by atoms with Crippen LogP contribution in [0.2, 0.25) is 0 Å². The standard InChI is InChI=1S/C29H30FN3O7S/c1-5-38-28(35)26-22-15-24(39-18-19-9-7-6-8-10-19)23(33(41(36)37)17-25(34)40-29(2,3)4)16-32(22)31-27(26)20-11-13-21(30)14-12-20/h6-16,41H,5,17-18H2,1-4H3. The Morgan fingerprint density at radius 3 is 2.34 bits per heavy atom. The number of hydrogen-bond acceptors (Lipinski definition) is 8. The minimum absolute atomic E-state index is 0.000957. The molecule has 2 aromatic heterocycles. The van der Waals surface area contributed by atoms with Crippen LogP contribution in [-0.4, -0.2) is 48.7 Å². The number of ether oxygens (including phenoxy) is 3. The van der Waals surface area contributed by atoms with E-state index in [0.29, 0.717) is 5.56 Å². The highest BCUT2D eigenvalue weighted by molar-refractivity contribution is 7.74. The first-order valence-corrected chi connectivity index (χ1v) is 13.9. The van der Waals surface area contributed by atoms with Crippen molar-refractivity contribution in [3.05, 3.63) is 83.8 Å². The van der Waals surface area contributed by atoms with Crippen LogP contribution in [0.5, 0.6) is 5.75 Å². The van der Waals surface area contributed by atoms with Crippen molar-refractivity contribution in [2.45, 2.75) is 39.9 Å². The van der Waals surface area contributed by atoms with E-state index < -0.39 is 40.8 Å². The summed E-state index contributed by atoms with van der Waals surface area (Å²) in [6, 6.07) is 16.0. The molecule has 0 N–H and O–H groups in total. The van der Waals surface area contributed by atoms with Crippen LogP contribution in [0.3, 0.4) is 0 Å². The summed E-state index contributed by atoms with van der Waals surface area (Å²) in [6.45, 7) is 6.20. The highest BCUT2D eigenvalue weighted by atomic mass is 32.2. The van der Waals surface area contributed by atoms with Crippen molar-refractivity contribution in [1.82, 2.24) is 9.61 Å². The van der Waals surface area contributed by atoms with E-state index in [1.54, 1.807) is 27.7 Å². The molecular weight excluding hydrogens is 553 g/mol. The monoisotopic (exact) mass is 583 g/mol. The van der Waals surface area contributed by atoms with E-state index >= 15 is 0 Å². The third-order valence-corrected chi connectivity index (χ3v) is 6.47. The minimum Gasteiger partial charge on any atom is -0.487 e. The van der Waals surface area contributed by atoms with Gasteiger partial charge in [0, 0.05) is 11.6 Å². The molecule has 0 radical (unpaired) electrons. The molecule has 0 aliphatic carbocycles. The number of rotatable bonds is 10. The van der Waals surface area contributed by atoms with Gasteiger partial charge >= 0.3 is 11.9 Å². The van der Waals surface area contributed by atoms with Gasteiger partial charge in [-0.1, -0.05) is 30.3 Å². The van der Waals surface area contributed by atoms with Crippen molar-refractivity contribution in [3.8, 4) is 17.0 Å². The van der Waals surface area contributed by atoms with Crippen LogP contribution in [0.4, 0.5) is 10.1 Å². The number of carbonyl (C=O) groups is 2. The van der Waals surface area contributed by atoms with Gasteiger partial charge in [0.25, 0.3) is 0 Å². The Hall–Kier alpha value is -4.45. The van der Waals surface area contributed by atoms with E-state index in [0.717, 1.165) is 9.87 Å². The number of hydrogen-bond donors (Lipinski definition) is 1. The van der Waals surface area contributed by atoms with Crippen LogP contribution in [0.25, 0.3) is 16.8 Å². The van der Waals surface area contributed by atoms with Gasteiger partial charge in [-0.05, 0) is 57.5 Å². The Morgan fingerprint density at radius 2 is 1.73 bits per heavy atom. The van der Waals surface area contributed by atoms with Crippen molar-refractivity contribution >= 4 is 34.0 Å². The van der Waals surface area contributed by atoms with Crippen molar-refractivity contribution < 1.29 is 36.6 Å². The maximum absolute atomic E-state index is 13.7. The highest BCUT2D eigenvalue weighted by Crippen LogP contribution is 2.35. The molecule has 0 aliphatic rings. The van der Waals surface area contributed by atoms with Gasteiger partial charge in [-0.3, -0.25) is 9.10 Å². The van der Waals surface area contributed by atoms with E-state index in [9.17, 15) is 22.4 Å². The lowest BCUT2D eigenvalue weighted by Crippen LogP contribution is -2.34. The second-order valence-electron chi connectivity index (χ2n) is 9.96. The van der Waals surface area contributed by atoms with E-state index in [4.69, 9.17) is 14.2 Å². The number of aromatic nitrogens is 2. The van der Waals surface area contributed by atoms with E-state index in [1.165, 1.54) is 41.0 Å². The first-order chi connectivity index (χ1) is 19.5. The average Bonchev–Trinajstić information content (AvgIpc) is 3.28. The Morgan fingerprint density at radius 1 is 1.05 bits per heavy atom. The van der Waals surface area contributed by atoms with Crippen LogP contribution in [0.15, 0.2) is 66.9 Å². The number of pyridine rings is 1. The summed E-state index contributed by atoms with van der Waals surface area (Å²) in [4.78, 5) is 25.8. The predicted molar refractivity (Wildman–Crippen MR) is 151 cm³/mol. The third kappa shape index (κ3) is 7.20. The molecule has 12 heteroatoms. The Balaban J connectivity index is 1.90. The van der Waals surface area contributed by atoms with Crippen molar-refractivity contribution in [2.24, 2.45) is 0 Å². The molecule has 216 valence electrons. The third-order valence-electron chi connectivity index (χ3n) is 5.72. The molecule has 2 heterocycles. The maximum atomic E-state index is 13.7. The number of benzene rings is 2. The van der Waals surface area contributed by atoms with Crippen LogP contribution in [0.1, 0.15) is 43.6 Å². The molecule has 4 aromatic rings. The highest BCUT2D eigenvalue weighted by Gasteiger charge is 2.28. The van der Waals surface area contributed by atoms with E-state index in [2.05, 4.69) is 5.10 Å². The molecule has 0 aliphatic heterocycles. The smallest absolute Gasteiger partial charge is 0.342 e. The number of fused-ring (bicyclic) bond motifs is 1. The number of anilines is 1. The van der Waals surface area contributed by atoms with E-state index in [1.807, 2.05) is 30.3 Å². The summed E-state index contributed by atoms with van der Waals surface area (Å²) in [5.41, 5.74) is 0.933. The summed E-state index contributed by atoms with van der Waals surface area (Å²) in [6.07, 6.45) is 1.35. The predicted octanol–water partition coefficient (Wildman–Crippen LogP) is 4.57. The first-order valence-electron chi connectivity index (χ1n) is 12.8. The molecule has 0 fully saturated rings. The molecule has 0 spiro atoms. The second kappa shape index (κ2) is 12.4. The molecule has 4 rings (SSSR count). The lowest BCUT2D eigenvalue weighted by atomic mass is 10.1. The normalized spacial score (nSPS) is 11.5. The van der Waals surface area contributed by atoms with Crippen LogP contribution < -0.4 is 9.04 Å². The quantitative estimate of drug-likeness (QED) is 0.213. The first kappa shape index (κ1) is 29.5. The maximum Gasteiger partial charge on any atom is 0.342 e. The molecule has 0 saturated heterocycles. The van der Waals surface area contributed by atoms with Gasteiger partial charge in [0.2, 0.25) is 10.9 Å².